The van der Waals surface area contributed by atoms with E-state index in [0.29, 0.717) is 0 Å². The number of nitrogens with zero attached hydrogens (tertiary/aromatic N) is 2. The van der Waals surface area contributed by atoms with E-state index < -0.39 is 23.1 Å². The van der Waals surface area contributed by atoms with Gasteiger partial charge in [0.15, 0.2) is 17.5 Å². The van der Waals surface area contributed by atoms with Gasteiger partial charge in [0.1, 0.15) is 5.41 Å². The molecule has 5 nitrogen and oxygen atoms in total. The summed E-state index contributed by atoms with van der Waals surface area (Å²) in [4.78, 5) is 12.2. The molecule has 0 saturated carbocycles. The van der Waals surface area contributed by atoms with Gasteiger partial charge in [0.25, 0.3) is 0 Å². The van der Waals surface area contributed by atoms with Gasteiger partial charge in [0, 0.05) is 0 Å². The van der Waals surface area contributed by atoms with Crippen molar-refractivity contribution < 1.29 is 18.7 Å². The predicted octanol–water partition coefficient (Wildman–Crippen LogP) is 2.32. The first kappa shape index (κ1) is 16.5. The molecule has 0 fully saturated rings. The van der Waals surface area contributed by atoms with Crippen LogP contribution < -0.4 is 4.74 Å². The average molecular weight is 290 g/mol. The minimum absolute atomic E-state index is 0.00965. The van der Waals surface area contributed by atoms with Crippen LogP contribution in [0.1, 0.15) is 19.4 Å². The molecule has 1 atom stereocenters. The maximum atomic E-state index is 13.9. The number of carbonyl (C=O) groups is 1. The van der Waals surface area contributed by atoms with Crippen molar-refractivity contribution in [1.29, 1.82) is 10.5 Å². The number of carbonyl (C=O) groups excluding carboxylic acids is 1. The van der Waals surface area contributed by atoms with Gasteiger partial charge in [-0.2, -0.15) is 10.5 Å². The van der Waals surface area contributed by atoms with Crippen LogP contribution in [0.15, 0.2) is 18.2 Å². The number of esters is 1. The van der Waals surface area contributed by atoms with Crippen LogP contribution in [0.2, 0.25) is 0 Å². The SMILES string of the molecule is CCOC(=O)C(C)(c1ccc(OC)c(F)c1)C(C#N)C#N. The molecule has 0 aromatic heterocycles. The fourth-order valence-corrected chi connectivity index (χ4v) is 1.96. The van der Waals surface area contributed by atoms with Crippen molar-refractivity contribution in [3.05, 3.63) is 29.6 Å². The highest BCUT2D eigenvalue weighted by molar-refractivity contribution is 5.84. The number of benzene rings is 1. The van der Waals surface area contributed by atoms with E-state index >= 15 is 0 Å². The summed E-state index contributed by atoms with van der Waals surface area (Å²) < 4.78 is 23.6. The van der Waals surface area contributed by atoms with E-state index in [4.69, 9.17) is 20.0 Å². The molecule has 0 spiro atoms. The van der Waals surface area contributed by atoms with Gasteiger partial charge in [0.2, 0.25) is 0 Å². The van der Waals surface area contributed by atoms with E-state index in [0.717, 1.165) is 6.07 Å². The second-order valence-corrected chi connectivity index (χ2v) is 4.46. The van der Waals surface area contributed by atoms with E-state index in [2.05, 4.69) is 0 Å². The first-order valence-corrected chi connectivity index (χ1v) is 6.26. The lowest BCUT2D eigenvalue weighted by Crippen LogP contribution is -2.40. The average Bonchev–Trinajstić information content (AvgIpc) is 2.48. The van der Waals surface area contributed by atoms with E-state index in [1.807, 2.05) is 0 Å². The Morgan fingerprint density at radius 2 is 2.05 bits per heavy atom. The van der Waals surface area contributed by atoms with Gasteiger partial charge < -0.3 is 9.47 Å². The zero-order chi connectivity index (χ0) is 16.0. The second-order valence-electron chi connectivity index (χ2n) is 4.46. The number of hydrogen-bond donors (Lipinski definition) is 0. The van der Waals surface area contributed by atoms with Gasteiger partial charge in [-0.15, -0.1) is 0 Å². The Labute approximate surface area is 122 Å². The van der Waals surface area contributed by atoms with Crippen LogP contribution in [0.5, 0.6) is 5.75 Å². The van der Waals surface area contributed by atoms with Gasteiger partial charge in [-0.25, -0.2) is 4.39 Å². The molecule has 0 saturated heterocycles. The summed E-state index contributed by atoms with van der Waals surface area (Å²) >= 11 is 0. The number of ether oxygens (including phenoxy) is 2. The highest BCUT2D eigenvalue weighted by Crippen LogP contribution is 2.35. The van der Waals surface area contributed by atoms with Crippen LogP contribution in [0.3, 0.4) is 0 Å². The van der Waals surface area contributed by atoms with Crippen molar-refractivity contribution in [1.82, 2.24) is 0 Å². The minimum Gasteiger partial charge on any atom is -0.494 e. The molecule has 0 heterocycles. The van der Waals surface area contributed by atoms with Gasteiger partial charge in [-0.3, -0.25) is 4.79 Å². The maximum Gasteiger partial charge on any atom is 0.318 e. The summed E-state index contributed by atoms with van der Waals surface area (Å²) in [6.07, 6.45) is 0. The third-order valence-electron chi connectivity index (χ3n) is 3.29. The molecule has 0 aliphatic rings. The lowest BCUT2D eigenvalue weighted by Gasteiger charge is -2.28. The Kier molecular flexibility index (Phi) is 5.26. The van der Waals surface area contributed by atoms with Crippen molar-refractivity contribution in [2.75, 3.05) is 13.7 Å². The molecule has 0 amide bonds. The fourth-order valence-electron chi connectivity index (χ4n) is 1.96. The number of halogens is 1. The molecule has 1 rings (SSSR count). The quantitative estimate of drug-likeness (QED) is 0.777. The molecule has 21 heavy (non-hydrogen) atoms. The molecular weight excluding hydrogens is 275 g/mol. The Morgan fingerprint density at radius 3 is 2.48 bits per heavy atom. The monoisotopic (exact) mass is 290 g/mol. The molecule has 0 bridgehead atoms. The highest BCUT2D eigenvalue weighted by Gasteiger charge is 2.45. The molecule has 0 aliphatic heterocycles. The summed E-state index contributed by atoms with van der Waals surface area (Å²) in [6.45, 7) is 3.10. The Morgan fingerprint density at radius 1 is 1.43 bits per heavy atom. The molecular formula is C15H15FN2O3. The summed E-state index contributed by atoms with van der Waals surface area (Å²) in [6, 6.07) is 7.39. The first-order valence-electron chi connectivity index (χ1n) is 6.26. The topological polar surface area (TPSA) is 83.1 Å². The third-order valence-corrected chi connectivity index (χ3v) is 3.29. The molecule has 0 radical (unpaired) electrons. The number of nitriles is 2. The van der Waals surface area contributed by atoms with Crippen molar-refractivity contribution in [2.24, 2.45) is 5.92 Å². The predicted molar refractivity (Wildman–Crippen MR) is 71.7 cm³/mol. The van der Waals surface area contributed by atoms with Gasteiger partial charge in [-0.05, 0) is 31.5 Å². The normalized spacial score (nSPS) is 12.9. The zero-order valence-corrected chi connectivity index (χ0v) is 12.0. The van der Waals surface area contributed by atoms with Crippen molar-refractivity contribution in [3.63, 3.8) is 0 Å². The van der Waals surface area contributed by atoms with E-state index in [1.54, 1.807) is 19.1 Å². The lowest BCUT2D eigenvalue weighted by atomic mass is 9.72. The summed E-state index contributed by atoms with van der Waals surface area (Å²) in [7, 11) is 1.32. The summed E-state index contributed by atoms with van der Waals surface area (Å²) in [5, 5.41) is 18.2. The van der Waals surface area contributed by atoms with Crippen LogP contribution in [-0.2, 0) is 14.9 Å². The first-order chi connectivity index (χ1) is 9.95. The number of methoxy groups -OCH3 is 1. The molecule has 6 heteroatoms. The van der Waals surface area contributed by atoms with Crippen LogP contribution in [0.25, 0.3) is 0 Å². The van der Waals surface area contributed by atoms with Gasteiger partial charge in [-0.1, -0.05) is 6.07 Å². The van der Waals surface area contributed by atoms with Gasteiger partial charge >= 0.3 is 5.97 Å². The summed E-state index contributed by atoms with van der Waals surface area (Å²) in [5.41, 5.74) is -1.39. The number of rotatable bonds is 5. The molecule has 110 valence electrons. The van der Waals surface area contributed by atoms with Crippen LogP contribution >= 0.6 is 0 Å². The third kappa shape index (κ3) is 2.95. The van der Waals surface area contributed by atoms with Crippen molar-refractivity contribution in [3.8, 4) is 17.9 Å². The van der Waals surface area contributed by atoms with Crippen molar-refractivity contribution in [2.45, 2.75) is 19.3 Å². The van der Waals surface area contributed by atoms with Crippen LogP contribution in [0.4, 0.5) is 4.39 Å². The van der Waals surface area contributed by atoms with Crippen LogP contribution in [-0.4, -0.2) is 19.7 Å². The fraction of sp³-hybridized carbons (Fsp3) is 0.400. The molecule has 0 N–H and O–H groups in total. The Balaban J connectivity index is 3.45. The van der Waals surface area contributed by atoms with Crippen LogP contribution in [0, 0.1) is 34.4 Å². The standard InChI is InChI=1S/C15H15FN2O3/c1-4-21-14(19)15(2,11(8-17)9-18)10-5-6-13(20-3)12(16)7-10/h5-7,11H,4H2,1-3H3. The molecule has 1 aromatic carbocycles. The molecule has 1 unspecified atom stereocenters. The lowest BCUT2D eigenvalue weighted by molar-refractivity contribution is -0.150. The van der Waals surface area contributed by atoms with E-state index in [9.17, 15) is 9.18 Å². The second kappa shape index (κ2) is 6.71. The Hall–Kier alpha value is -2.60. The molecule has 0 aliphatic carbocycles. The Bertz CT molecular complexity index is 604. The van der Waals surface area contributed by atoms with E-state index in [-0.39, 0.29) is 17.9 Å². The minimum atomic E-state index is -1.58. The summed E-state index contributed by atoms with van der Waals surface area (Å²) in [5.74, 6) is -2.72. The van der Waals surface area contributed by atoms with Crippen molar-refractivity contribution >= 4 is 5.97 Å². The largest absolute Gasteiger partial charge is 0.494 e. The smallest absolute Gasteiger partial charge is 0.318 e. The zero-order valence-electron chi connectivity index (χ0n) is 12.0. The number of hydrogen-bond acceptors (Lipinski definition) is 5. The maximum absolute atomic E-state index is 13.9. The highest BCUT2D eigenvalue weighted by atomic mass is 19.1. The van der Waals surface area contributed by atoms with Gasteiger partial charge in [0.05, 0.1) is 25.9 Å². The van der Waals surface area contributed by atoms with E-state index in [1.165, 1.54) is 26.2 Å². The molecule has 1 aromatic rings.